The van der Waals surface area contributed by atoms with E-state index >= 15 is 0 Å². The van der Waals surface area contributed by atoms with Crippen molar-refractivity contribution in [2.24, 2.45) is 0 Å². The van der Waals surface area contributed by atoms with Crippen LogP contribution in [0.1, 0.15) is 44.4 Å². The number of nitrogens with zero attached hydrogens (tertiary/aromatic N) is 4. The van der Waals surface area contributed by atoms with Crippen molar-refractivity contribution in [1.82, 2.24) is 18.3 Å². The molecule has 21 heteroatoms. The number of rotatable bonds is 17. The molecule has 0 unspecified atom stereocenters. The first-order valence-corrected chi connectivity index (χ1v) is 26.0. The van der Waals surface area contributed by atoms with Crippen molar-refractivity contribution in [1.29, 1.82) is 0 Å². The Hall–Kier alpha value is -3.73. The zero-order valence-corrected chi connectivity index (χ0v) is 39.0. The van der Waals surface area contributed by atoms with Crippen molar-refractivity contribution in [3.63, 3.8) is 0 Å². The summed E-state index contributed by atoms with van der Waals surface area (Å²) in [6, 6.07) is 21.3. The smallest absolute Gasteiger partial charge is 0.335 e. The summed E-state index contributed by atoms with van der Waals surface area (Å²) in [6.45, 7) is 6.52. The topological polar surface area (TPSA) is 180 Å². The van der Waals surface area contributed by atoms with E-state index in [4.69, 9.17) is 58.2 Å². The predicted molar refractivity (Wildman–Crippen MR) is 235 cm³/mol. The quantitative estimate of drug-likeness (QED) is 0.108. The Morgan fingerprint density at radius 2 is 1.24 bits per heavy atom. The van der Waals surface area contributed by atoms with Crippen LogP contribution in [0.3, 0.4) is 0 Å². The number of methoxy groups -OCH3 is 2. The third kappa shape index (κ3) is 10.4. The van der Waals surface area contributed by atoms with Gasteiger partial charge in [0.05, 0.1) is 26.4 Å². The molecule has 0 amide bonds. The summed E-state index contributed by atoms with van der Waals surface area (Å²) in [5.41, 5.74) is -0.645. The standard InChI is InChI=1S/C42H55N4O14PSSi/c1-42(2,3)63(6,7)60-35-31(58-39(37(35)52-5)44-21-19-33(48)46(41(44)50)27-54-23-29-16-12-9-13-17-29)25-56-61(62)55-24-30-34(59-61)36(51-4)38(57-30)43-20-18-32(47)45(40(43)49)26-53-22-28-14-10-8-11-15-28/h8-21,30-31,34-39H,22-27H2,1-7H3/t30-,31-,34-,35-,36-,37-,38-,39-,61-/m1/s1. The Morgan fingerprint density at radius 1 is 0.730 bits per heavy atom. The van der Waals surface area contributed by atoms with Gasteiger partial charge in [-0.2, -0.15) is 0 Å². The maximum absolute atomic E-state index is 14.0. The number of aromatic nitrogens is 4. The molecular weight excluding hydrogens is 876 g/mol. The van der Waals surface area contributed by atoms with E-state index < -0.39 is 86.6 Å². The van der Waals surface area contributed by atoms with Gasteiger partial charge in [-0.1, -0.05) is 81.4 Å². The van der Waals surface area contributed by atoms with Crippen LogP contribution in [0.15, 0.2) is 104 Å². The van der Waals surface area contributed by atoms with Crippen LogP contribution < -0.4 is 22.5 Å². The number of ether oxygens (including phenoxy) is 6. The van der Waals surface area contributed by atoms with Crippen LogP contribution in [0.25, 0.3) is 0 Å². The van der Waals surface area contributed by atoms with Crippen LogP contribution in [0, 0.1) is 0 Å². The summed E-state index contributed by atoms with van der Waals surface area (Å²) < 4.78 is 66.5. The number of hydrogen-bond donors (Lipinski definition) is 0. The summed E-state index contributed by atoms with van der Waals surface area (Å²) in [7, 11) is 0.432. The lowest BCUT2D eigenvalue weighted by molar-refractivity contribution is -0.0772. The van der Waals surface area contributed by atoms with Crippen LogP contribution in [-0.2, 0) is 84.9 Å². The molecule has 4 aromatic rings. The van der Waals surface area contributed by atoms with Crippen LogP contribution in [0.5, 0.6) is 0 Å². The van der Waals surface area contributed by atoms with E-state index in [0.717, 1.165) is 20.3 Å². The molecule has 3 fully saturated rings. The van der Waals surface area contributed by atoms with Crippen LogP contribution in [0.2, 0.25) is 18.1 Å². The van der Waals surface area contributed by atoms with E-state index in [1.807, 2.05) is 60.7 Å². The summed E-state index contributed by atoms with van der Waals surface area (Å²) in [5.74, 6) is 0. The van der Waals surface area contributed by atoms with E-state index in [0.29, 0.717) is 0 Å². The van der Waals surface area contributed by atoms with Crippen molar-refractivity contribution in [3.05, 3.63) is 138 Å². The van der Waals surface area contributed by atoms with E-state index in [2.05, 4.69) is 33.9 Å². The average Bonchev–Trinajstić information content (AvgIpc) is 3.78. The monoisotopic (exact) mass is 930 g/mol. The molecule has 0 bridgehead atoms. The molecule has 2 aromatic carbocycles. The molecule has 0 saturated carbocycles. The normalized spacial score (nSPS) is 27.4. The molecule has 18 nitrogen and oxygen atoms in total. The first-order valence-electron chi connectivity index (χ1n) is 20.5. The third-order valence-corrected chi connectivity index (χ3v) is 18.6. The molecule has 9 atom stereocenters. The Kier molecular flexibility index (Phi) is 14.8. The molecule has 2 aromatic heterocycles. The summed E-state index contributed by atoms with van der Waals surface area (Å²) >= 11 is 5.91. The maximum Gasteiger partial charge on any atom is 0.335 e. The molecule has 0 aliphatic carbocycles. The SMILES string of the molecule is CO[C@@H]1[C@H](O[Si](C)(C)C(C)(C)C)[C@@H](CO[P@]2(=S)OC[C@H]3O[C@@H](n4ccc(=O)n(COCc5ccccc5)c4=O)[C@H](OC)[C@@H]3O2)O[C@H]1n1ccc(=O)n(COCc2ccccc2)c1=O. The Bertz CT molecular complexity index is 2480. The molecule has 5 heterocycles. The van der Waals surface area contributed by atoms with Crippen molar-refractivity contribution in [2.75, 3.05) is 27.4 Å². The highest BCUT2D eigenvalue weighted by Gasteiger charge is 2.55. The van der Waals surface area contributed by atoms with E-state index in [-0.39, 0.29) is 44.9 Å². The summed E-state index contributed by atoms with van der Waals surface area (Å²) in [5, 5.41) is -0.218. The lowest BCUT2D eigenvalue weighted by Crippen LogP contribution is -2.50. The highest BCUT2D eigenvalue weighted by molar-refractivity contribution is 8.07. The van der Waals surface area contributed by atoms with Gasteiger partial charge in [-0.15, -0.1) is 0 Å². The van der Waals surface area contributed by atoms with Crippen molar-refractivity contribution >= 4 is 26.8 Å². The second kappa shape index (κ2) is 19.8. The first-order chi connectivity index (χ1) is 30.0. The summed E-state index contributed by atoms with van der Waals surface area (Å²) in [4.78, 5) is 53.5. The Morgan fingerprint density at radius 3 is 1.73 bits per heavy atom. The van der Waals surface area contributed by atoms with E-state index in [1.165, 1.54) is 47.9 Å². The lowest BCUT2D eigenvalue weighted by Gasteiger charge is -2.40. The maximum atomic E-state index is 14.0. The predicted octanol–water partition coefficient (Wildman–Crippen LogP) is 4.25. The fourth-order valence-corrected chi connectivity index (χ4v) is 10.7. The highest BCUT2D eigenvalue weighted by Crippen LogP contribution is 2.58. The molecule has 63 heavy (non-hydrogen) atoms. The molecular formula is C42H55N4O14PSSi. The zero-order chi connectivity index (χ0) is 45.1. The molecule has 3 saturated heterocycles. The van der Waals surface area contributed by atoms with E-state index in [1.54, 1.807) is 0 Å². The van der Waals surface area contributed by atoms with Gasteiger partial charge in [0.1, 0.15) is 50.1 Å². The van der Waals surface area contributed by atoms with Crippen molar-refractivity contribution in [3.8, 4) is 0 Å². The zero-order valence-electron chi connectivity index (χ0n) is 36.3. The fourth-order valence-electron chi connectivity index (χ4n) is 7.34. The first kappa shape index (κ1) is 47.2. The van der Waals surface area contributed by atoms with Gasteiger partial charge < -0.3 is 41.9 Å². The highest BCUT2D eigenvalue weighted by atomic mass is 32.5. The van der Waals surface area contributed by atoms with Crippen molar-refractivity contribution in [2.45, 2.75) is 115 Å². The molecule has 0 N–H and O–H groups in total. The van der Waals surface area contributed by atoms with E-state index in [9.17, 15) is 19.2 Å². The second-order valence-corrected chi connectivity index (χ2v) is 24.7. The molecule has 3 aliphatic heterocycles. The van der Waals surface area contributed by atoms with Gasteiger partial charge in [0.2, 0.25) is 0 Å². The largest absolute Gasteiger partial charge is 0.408 e. The lowest BCUT2D eigenvalue weighted by atomic mass is 10.1. The number of benzene rings is 2. The molecule has 3 aliphatic rings. The minimum atomic E-state index is -3.55. The summed E-state index contributed by atoms with van der Waals surface area (Å²) in [6.07, 6.45) is -4.18. The van der Waals surface area contributed by atoms with Crippen molar-refractivity contribution < 1.29 is 46.4 Å². The number of fused-ring (bicyclic) bond motifs is 1. The molecule has 0 spiro atoms. The molecule has 7 rings (SSSR count). The Labute approximate surface area is 370 Å². The van der Waals surface area contributed by atoms with Crippen LogP contribution in [0.4, 0.5) is 0 Å². The van der Waals surface area contributed by atoms with Gasteiger partial charge in [0.25, 0.3) is 11.1 Å². The third-order valence-electron chi connectivity index (χ3n) is 11.8. The van der Waals surface area contributed by atoms with Gasteiger partial charge in [-0.25, -0.2) is 18.7 Å². The van der Waals surface area contributed by atoms with Gasteiger partial charge in [0.15, 0.2) is 20.8 Å². The number of hydrogen-bond acceptors (Lipinski definition) is 15. The van der Waals surface area contributed by atoms with Crippen LogP contribution >= 0.6 is 6.72 Å². The van der Waals surface area contributed by atoms with Crippen LogP contribution in [-0.4, -0.2) is 90.6 Å². The average molecular weight is 931 g/mol. The second-order valence-electron chi connectivity index (χ2n) is 17.0. The van der Waals surface area contributed by atoms with Gasteiger partial charge >= 0.3 is 18.1 Å². The van der Waals surface area contributed by atoms with Gasteiger partial charge in [0, 0.05) is 38.7 Å². The molecule has 0 radical (unpaired) electrons. The minimum absolute atomic E-state index is 0.0467. The van der Waals surface area contributed by atoms with Gasteiger partial charge in [-0.3, -0.25) is 23.2 Å². The molecule has 342 valence electrons. The Balaban J connectivity index is 1.08. The fraction of sp³-hybridized carbons (Fsp3) is 0.524. The minimum Gasteiger partial charge on any atom is -0.408 e. The van der Waals surface area contributed by atoms with Gasteiger partial charge in [-0.05, 0) is 41.1 Å².